The molecule has 1 heterocycles. The summed E-state index contributed by atoms with van der Waals surface area (Å²) in [5.74, 6) is -0.579. The van der Waals surface area contributed by atoms with Gasteiger partial charge in [0.15, 0.2) is 0 Å². The Morgan fingerprint density at radius 1 is 0.962 bits per heavy atom. The van der Waals surface area contributed by atoms with E-state index in [2.05, 4.69) is 20.0 Å². The van der Waals surface area contributed by atoms with Crippen LogP contribution in [-0.2, 0) is 0 Å². The number of nitrogens with zero attached hydrogens (tertiary/aromatic N) is 2. The largest absolute Gasteiger partial charge is 0.478 e. The van der Waals surface area contributed by atoms with Gasteiger partial charge < -0.3 is 15.2 Å². The van der Waals surface area contributed by atoms with E-state index in [4.69, 9.17) is 5.11 Å². The lowest BCUT2D eigenvalue weighted by atomic mass is 10.1. The summed E-state index contributed by atoms with van der Waals surface area (Å²) in [7, 11) is 0. The second kappa shape index (κ2) is 7.56. The molecule has 8 heteroatoms. The molecule has 0 bridgehead atoms. The molecule has 0 aliphatic carbocycles. The fourth-order valence-corrected chi connectivity index (χ4v) is 2.20. The molecule has 2 aromatic carbocycles. The predicted molar refractivity (Wildman–Crippen MR) is 90.8 cm³/mol. The summed E-state index contributed by atoms with van der Waals surface area (Å²) in [6.45, 7) is -2.86. The van der Waals surface area contributed by atoms with Crippen LogP contribution in [0.15, 0.2) is 60.9 Å². The monoisotopic (exact) mass is 357 g/mol. The first-order valence-electron chi connectivity index (χ1n) is 7.49. The lowest BCUT2D eigenvalue weighted by Crippen LogP contribution is -2.01. The van der Waals surface area contributed by atoms with Gasteiger partial charge >= 0.3 is 12.6 Å². The van der Waals surface area contributed by atoms with Crippen LogP contribution in [0.4, 0.5) is 20.4 Å². The van der Waals surface area contributed by atoms with Crippen molar-refractivity contribution in [3.8, 4) is 16.9 Å². The summed E-state index contributed by atoms with van der Waals surface area (Å²) >= 11 is 0. The summed E-state index contributed by atoms with van der Waals surface area (Å²) in [5.41, 5.74) is 2.30. The molecule has 0 atom stereocenters. The van der Waals surface area contributed by atoms with Gasteiger partial charge in [0.25, 0.3) is 0 Å². The minimum absolute atomic E-state index is 0.0766. The van der Waals surface area contributed by atoms with Gasteiger partial charge in [-0.15, -0.1) is 0 Å². The van der Waals surface area contributed by atoms with Crippen molar-refractivity contribution in [2.45, 2.75) is 6.61 Å². The molecule has 0 radical (unpaired) electrons. The van der Waals surface area contributed by atoms with Crippen molar-refractivity contribution in [3.63, 3.8) is 0 Å². The lowest BCUT2D eigenvalue weighted by molar-refractivity contribution is -0.0498. The van der Waals surface area contributed by atoms with Crippen LogP contribution in [0.1, 0.15) is 10.4 Å². The number of carboxylic acid groups (broad SMARTS) is 1. The molecule has 0 saturated carbocycles. The number of aromatic nitrogens is 2. The molecule has 0 unspecified atom stereocenters. The molecule has 0 aliphatic rings. The minimum Gasteiger partial charge on any atom is -0.478 e. The predicted octanol–water partition coefficient (Wildman–Crippen LogP) is 4.19. The fraction of sp³-hybridized carbons (Fsp3) is 0.0556. The Labute approximate surface area is 147 Å². The van der Waals surface area contributed by atoms with Crippen molar-refractivity contribution in [2.24, 2.45) is 0 Å². The zero-order valence-corrected chi connectivity index (χ0v) is 13.3. The SMILES string of the molecule is O=C(O)c1ccc(Nc2ncc(-c3ccc(OC(F)F)cc3)cn2)cc1. The number of ether oxygens (including phenoxy) is 1. The minimum atomic E-state index is -2.86. The second-order valence-corrected chi connectivity index (χ2v) is 5.21. The summed E-state index contributed by atoms with van der Waals surface area (Å²) in [4.78, 5) is 19.2. The van der Waals surface area contributed by atoms with E-state index < -0.39 is 12.6 Å². The average Bonchev–Trinajstić information content (AvgIpc) is 2.63. The van der Waals surface area contributed by atoms with Crippen molar-refractivity contribution >= 4 is 17.6 Å². The van der Waals surface area contributed by atoms with Gasteiger partial charge in [-0.2, -0.15) is 8.78 Å². The number of aromatic carboxylic acids is 1. The third-order valence-electron chi connectivity index (χ3n) is 3.45. The first kappa shape index (κ1) is 17.3. The van der Waals surface area contributed by atoms with Crippen LogP contribution in [0, 0.1) is 0 Å². The summed E-state index contributed by atoms with van der Waals surface area (Å²) in [5, 5.41) is 11.8. The quantitative estimate of drug-likeness (QED) is 0.688. The van der Waals surface area contributed by atoms with Gasteiger partial charge in [0, 0.05) is 23.6 Å². The number of rotatable bonds is 6. The molecule has 3 aromatic rings. The molecule has 132 valence electrons. The first-order valence-corrected chi connectivity index (χ1v) is 7.49. The van der Waals surface area contributed by atoms with E-state index in [-0.39, 0.29) is 11.3 Å². The van der Waals surface area contributed by atoms with Crippen LogP contribution in [0.2, 0.25) is 0 Å². The molecule has 2 N–H and O–H groups in total. The Morgan fingerprint density at radius 2 is 1.58 bits per heavy atom. The molecule has 0 amide bonds. The Bertz CT molecular complexity index is 883. The van der Waals surface area contributed by atoms with Crippen LogP contribution in [0.25, 0.3) is 11.1 Å². The highest BCUT2D eigenvalue weighted by Crippen LogP contribution is 2.23. The number of alkyl halides is 2. The van der Waals surface area contributed by atoms with E-state index >= 15 is 0 Å². The zero-order valence-electron chi connectivity index (χ0n) is 13.3. The number of halogens is 2. The molecule has 1 aromatic heterocycles. The number of hydrogen-bond acceptors (Lipinski definition) is 5. The van der Waals surface area contributed by atoms with Gasteiger partial charge in [-0.25, -0.2) is 14.8 Å². The average molecular weight is 357 g/mol. The Balaban J connectivity index is 1.69. The summed E-state index contributed by atoms with van der Waals surface area (Å²) in [6.07, 6.45) is 3.17. The maximum Gasteiger partial charge on any atom is 0.387 e. The molecular weight excluding hydrogens is 344 g/mol. The normalized spacial score (nSPS) is 10.6. The lowest BCUT2D eigenvalue weighted by Gasteiger charge is -2.07. The first-order chi connectivity index (χ1) is 12.5. The Kier molecular flexibility index (Phi) is 5.02. The summed E-state index contributed by atoms with van der Waals surface area (Å²) in [6, 6.07) is 12.3. The number of anilines is 2. The van der Waals surface area contributed by atoms with E-state index in [0.717, 1.165) is 5.56 Å². The van der Waals surface area contributed by atoms with E-state index in [1.165, 1.54) is 24.3 Å². The number of carboxylic acids is 1. The molecule has 0 fully saturated rings. The molecule has 0 spiro atoms. The van der Waals surface area contributed by atoms with Crippen LogP contribution < -0.4 is 10.1 Å². The highest BCUT2D eigenvalue weighted by atomic mass is 19.3. The smallest absolute Gasteiger partial charge is 0.387 e. The highest BCUT2D eigenvalue weighted by Gasteiger charge is 2.06. The van der Waals surface area contributed by atoms with E-state index in [1.54, 1.807) is 36.7 Å². The third-order valence-corrected chi connectivity index (χ3v) is 3.45. The molecule has 0 aliphatic heterocycles. The van der Waals surface area contributed by atoms with E-state index in [1.807, 2.05) is 0 Å². The topological polar surface area (TPSA) is 84.3 Å². The maximum absolute atomic E-state index is 12.2. The van der Waals surface area contributed by atoms with Gasteiger partial charge in [0.05, 0.1) is 5.56 Å². The maximum atomic E-state index is 12.2. The van der Waals surface area contributed by atoms with Gasteiger partial charge in [-0.3, -0.25) is 0 Å². The van der Waals surface area contributed by atoms with Gasteiger partial charge in [0.1, 0.15) is 5.75 Å². The van der Waals surface area contributed by atoms with Gasteiger partial charge in [-0.05, 0) is 42.0 Å². The highest BCUT2D eigenvalue weighted by molar-refractivity contribution is 5.88. The van der Waals surface area contributed by atoms with Crippen molar-refractivity contribution in [2.75, 3.05) is 5.32 Å². The van der Waals surface area contributed by atoms with Crippen LogP contribution in [-0.4, -0.2) is 27.7 Å². The molecule has 6 nitrogen and oxygen atoms in total. The van der Waals surface area contributed by atoms with Crippen LogP contribution in [0.3, 0.4) is 0 Å². The Morgan fingerprint density at radius 3 is 2.12 bits per heavy atom. The van der Waals surface area contributed by atoms with Gasteiger partial charge in [0.2, 0.25) is 5.95 Å². The van der Waals surface area contributed by atoms with Gasteiger partial charge in [-0.1, -0.05) is 12.1 Å². The number of hydrogen-bond donors (Lipinski definition) is 2. The van der Waals surface area contributed by atoms with E-state index in [9.17, 15) is 13.6 Å². The fourth-order valence-electron chi connectivity index (χ4n) is 2.20. The second-order valence-electron chi connectivity index (χ2n) is 5.21. The Hall–Kier alpha value is -3.55. The number of carbonyl (C=O) groups is 1. The van der Waals surface area contributed by atoms with Crippen molar-refractivity contribution in [1.29, 1.82) is 0 Å². The van der Waals surface area contributed by atoms with Crippen molar-refractivity contribution < 1.29 is 23.4 Å². The van der Waals surface area contributed by atoms with Crippen molar-refractivity contribution in [1.82, 2.24) is 9.97 Å². The molecule has 3 rings (SSSR count). The van der Waals surface area contributed by atoms with Crippen molar-refractivity contribution in [3.05, 3.63) is 66.5 Å². The third kappa shape index (κ3) is 4.29. The van der Waals surface area contributed by atoms with Crippen LogP contribution >= 0.6 is 0 Å². The zero-order chi connectivity index (χ0) is 18.5. The standard InChI is InChI=1S/C18H13F2N3O3/c19-17(20)26-15-7-3-11(4-8-15)13-9-21-18(22-10-13)23-14-5-1-12(2-6-14)16(24)25/h1-10,17H,(H,24,25)(H,21,22,23). The number of benzene rings is 2. The number of nitrogens with one attached hydrogen (secondary N) is 1. The molecule has 26 heavy (non-hydrogen) atoms. The molecule has 0 saturated heterocycles. The molecular formula is C18H13F2N3O3. The summed E-state index contributed by atoms with van der Waals surface area (Å²) < 4.78 is 28.6. The van der Waals surface area contributed by atoms with Crippen LogP contribution in [0.5, 0.6) is 5.75 Å². The van der Waals surface area contributed by atoms with E-state index in [0.29, 0.717) is 17.2 Å².